The second-order valence-corrected chi connectivity index (χ2v) is 5.27. The summed E-state index contributed by atoms with van der Waals surface area (Å²) in [5.41, 5.74) is 5.54. The molecule has 16 heavy (non-hydrogen) atoms. The molecule has 0 aromatic carbocycles. The van der Waals surface area contributed by atoms with Crippen LogP contribution in [0, 0.1) is 11.8 Å². The van der Waals surface area contributed by atoms with Gasteiger partial charge in [-0.2, -0.15) is 0 Å². The van der Waals surface area contributed by atoms with Gasteiger partial charge in [-0.25, -0.2) is 4.79 Å². The molecule has 0 radical (unpaired) electrons. The van der Waals surface area contributed by atoms with Crippen molar-refractivity contribution in [1.82, 2.24) is 4.90 Å². The monoisotopic (exact) mass is 226 g/mol. The van der Waals surface area contributed by atoms with Crippen molar-refractivity contribution in [3.8, 4) is 0 Å². The standard InChI is InChI=1S/C12H22N2O2/c1-9-3-2-4-14(8-9)12(15)16-11-5-10(6-11)7-13/h9-11H,2-8,13H2,1H3. The Kier molecular flexibility index (Phi) is 3.69. The summed E-state index contributed by atoms with van der Waals surface area (Å²) < 4.78 is 5.44. The Hall–Kier alpha value is -0.770. The number of hydrogen-bond acceptors (Lipinski definition) is 3. The fourth-order valence-corrected chi connectivity index (χ4v) is 2.54. The quantitative estimate of drug-likeness (QED) is 0.778. The molecule has 2 fully saturated rings. The molecule has 2 rings (SSSR count). The fraction of sp³-hybridized carbons (Fsp3) is 0.917. The van der Waals surface area contributed by atoms with Gasteiger partial charge in [0.25, 0.3) is 0 Å². The van der Waals surface area contributed by atoms with Gasteiger partial charge < -0.3 is 15.4 Å². The largest absolute Gasteiger partial charge is 0.446 e. The molecule has 1 aliphatic carbocycles. The van der Waals surface area contributed by atoms with Gasteiger partial charge in [0.05, 0.1) is 0 Å². The maximum absolute atomic E-state index is 11.8. The molecule has 1 atom stereocenters. The second kappa shape index (κ2) is 5.04. The highest BCUT2D eigenvalue weighted by atomic mass is 16.6. The number of likely N-dealkylation sites (tertiary alicyclic amines) is 1. The Balaban J connectivity index is 1.71. The van der Waals surface area contributed by atoms with E-state index in [0.29, 0.717) is 11.8 Å². The molecule has 2 N–H and O–H groups in total. The predicted octanol–water partition coefficient (Wildman–Crippen LogP) is 1.59. The third-order valence-corrected chi connectivity index (χ3v) is 3.71. The summed E-state index contributed by atoms with van der Waals surface area (Å²) in [7, 11) is 0. The lowest BCUT2D eigenvalue weighted by molar-refractivity contribution is -0.00427. The zero-order chi connectivity index (χ0) is 11.5. The average Bonchev–Trinajstić information content (AvgIpc) is 2.22. The maximum atomic E-state index is 11.8. The van der Waals surface area contributed by atoms with E-state index >= 15 is 0 Å². The van der Waals surface area contributed by atoms with Crippen molar-refractivity contribution in [2.45, 2.75) is 38.7 Å². The van der Waals surface area contributed by atoms with E-state index in [9.17, 15) is 4.79 Å². The summed E-state index contributed by atoms with van der Waals surface area (Å²) in [6, 6.07) is 0. The molecule has 0 spiro atoms. The van der Waals surface area contributed by atoms with Crippen LogP contribution < -0.4 is 5.73 Å². The second-order valence-electron chi connectivity index (χ2n) is 5.27. The lowest BCUT2D eigenvalue weighted by Crippen LogP contribution is -2.44. The molecule has 1 amide bonds. The molecule has 0 aromatic rings. The van der Waals surface area contributed by atoms with Crippen LogP contribution in [-0.4, -0.2) is 36.7 Å². The van der Waals surface area contributed by atoms with Crippen molar-refractivity contribution in [3.63, 3.8) is 0 Å². The van der Waals surface area contributed by atoms with Crippen LogP contribution >= 0.6 is 0 Å². The summed E-state index contributed by atoms with van der Waals surface area (Å²) in [5.74, 6) is 1.18. The minimum absolute atomic E-state index is 0.118. The Labute approximate surface area is 97.1 Å². The first-order chi connectivity index (χ1) is 7.69. The zero-order valence-electron chi connectivity index (χ0n) is 10.0. The molecular weight excluding hydrogens is 204 g/mol. The van der Waals surface area contributed by atoms with Gasteiger partial charge in [-0.3, -0.25) is 0 Å². The number of piperidine rings is 1. The lowest BCUT2D eigenvalue weighted by Gasteiger charge is -2.37. The summed E-state index contributed by atoms with van der Waals surface area (Å²) >= 11 is 0. The minimum atomic E-state index is -0.118. The van der Waals surface area contributed by atoms with E-state index in [1.54, 1.807) is 0 Å². The molecule has 4 heteroatoms. The van der Waals surface area contributed by atoms with E-state index in [2.05, 4.69) is 6.92 Å². The van der Waals surface area contributed by atoms with Gasteiger partial charge >= 0.3 is 6.09 Å². The number of rotatable bonds is 2. The molecule has 0 bridgehead atoms. The van der Waals surface area contributed by atoms with Crippen LogP contribution in [0.3, 0.4) is 0 Å². The lowest BCUT2D eigenvalue weighted by atomic mass is 9.82. The van der Waals surface area contributed by atoms with Gasteiger partial charge in [-0.05, 0) is 44.1 Å². The molecule has 1 saturated carbocycles. The highest BCUT2D eigenvalue weighted by Crippen LogP contribution is 2.29. The van der Waals surface area contributed by atoms with Crippen LogP contribution in [0.2, 0.25) is 0 Å². The summed E-state index contributed by atoms with van der Waals surface area (Å²) in [6.45, 7) is 4.62. The van der Waals surface area contributed by atoms with Crippen LogP contribution in [-0.2, 0) is 4.74 Å². The first kappa shape index (κ1) is 11.7. The average molecular weight is 226 g/mol. The number of ether oxygens (including phenoxy) is 1. The van der Waals surface area contributed by atoms with Crippen molar-refractivity contribution < 1.29 is 9.53 Å². The Morgan fingerprint density at radius 1 is 1.50 bits per heavy atom. The molecule has 1 aliphatic heterocycles. The molecule has 2 aliphatic rings. The van der Waals surface area contributed by atoms with Gasteiger partial charge in [-0.15, -0.1) is 0 Å². The first-order valence-corrected chi connectivity index (χ1v) is 6.34. The third-order valence-electron chi connectivity index (χ3n) is 3.71. The minimum Gasteiger partial charge on any atom is -0.446 e. The van der Waals surface area contributed by atoms with Gasteiger partial charge in [0, 0.05) is 13.1 Å². The number of nitrogens with zero attached hydrogens (tertiary/aromatic N) is 1. The predicted molar refractivity (Wildman–Crippen MR) is 62.0 cm³/mol. The normalized spacial score (nSPS) is 34.4. The fourth-order valence-electron chi connectivity index (χ4n) is 2.54. The van der Waals surface area contributed by atoms with Crippen LogP contribution in [0.5, 0.6) is 0 Å². The number of carbonyl (C=O) groups is 1. The molecule has 1 saturated heterocycles. The Morgan fingerprint density at radius 2 is 2.25 bits per heavy atom. The van der Waals surface area contributed by atoms with Gasteiger partial charge in [-0.1, -0.05) is 6.92 Å². The summed E-state index contributed by atoms with van der Waals surface area (Å²) in [4.78, 5) is 13.7. The Morgan fingerprint density at radius 3 is 2.88 bits per heavy atom. The maximum Gasteiger partial charge on any atom is 0.410 e. The van der Waals surface area contributed by atoms with Crippen molar-refractivity contribution in [3.05, 3.63) is 0 Å². The van der Waals surface area contributed by atoms with E-state index < -0.39 is 0 Å². The summed E-state index contributed by atoms with van der Waals surface area (Å²) in [5, 5.41) is 0. The van der Waals surface area contributed by atoms with Crippen molar-refractivity contribution in [1.29, 1.82) is 0 Å². The highest BCUT2D eigenvalue weighted by molar-refractivity contribution is 5.68. The van der Waals surface area contributed by atoms with Crippen LogP contribution in [0.25, 0.3) is 0 Å². The topological polar surface area (TPSA) is 55.6 Å². The van der Waals surface area contributed by atoms with Crippen molar-refractivity contribution in [2.75, 3.05) is 19.6 Å². The molecular formula is C12H22N2O2. The van der Waals surface area contributed by atoms with E-state index in [1.165, 1.54) is 6.42 Å². The zero-order valence-corrected chi connectivity index (χ0v) is 10.0. The van der Waals surface area contributed by atoms with E-state index in [-0.39, 0.29) is 12.2 Å². The smallest absolute Gasteiger partial charge is 0.410 e. The number of amides is 1. The van der Waals surface area contributed by atoms with Crippen LogP contribution in [0.4, 0.5) is 4.79 Å². The molecule has 4 nitrogen and oxygen atoms in total. The molecule has 1 heterocycles. The van der Waals surface area contributed by atoms with Gasteiger partial charge in [0.2, 0.25) is 0 Å². The first-order valence-electron chi connectivity index (χ1n) is 6.34. The molecule has 1 unspecified atom stereocenters. The van der Waals surface area contributed by atoms with Gasteiger partial charge in [0.1, 0.15) is 6.10 Å². The van der Waals surface area contributed by atoms with E-state index in [4.69, 9.17) is 10.5 Å². The highest BCUT2D eigenvalue weighted by Gasteiger charge is 2.33. The number of carbonyl (C=O) groups excluding carboxylic acids is 1. The van der Waals surface area contributed by atoms with E-state index in [1.807, 2.05) is 4.90 Å². The molecule has 92 valence electrons. The van der Waals surface area contributed by atoms with Crippen molar-refractivity contribution >= 4 is 6.09 Å². The molecule has 0 aromatic heterocycles. The van der Waals surface area contributed by atoms with Gasteiger partial charge in [0.15, 0.2) is 0 Å². The number of nitrogens with two attached hydrogens (primary N) is 1. The van der Waals surface area contributed by atoms with Crippen molar-refractivity contribution in [2.24, 2.45) is 17.6 Å². The van der Waals surface area contributed by atoms with Crippen LogP contribution in [0.1, 0.15) is 32.6 Å². The SMILES string of the molecule is CC1CCCN(C(=O)OC2CC(CN)C2)C1. The van der Waals surface area contributed by atoms with Crippen LogP contribution in [0.15, 0.2) is 0 Å². The third kappa shape index (κ3) is 2.67. The summed E-state index contributed by atoms with van der Waals surface area (Å²) in [6.07, 6.45) is 4.23. The van der Waals surface area contributed by atoms with E-state index in [0.717, 1.165) is 38.9 Å². The Bertz CT molecular complexity index is 251. The number of hydrogen-bond donors (Lipinski definition) is 1.